The molecule has 1 fully saturated rings. The zero-order valence-corrected chi connectivity index (χ0v) is 13.9. The number of nitrogens with two attached hydrogens (primary N) is 1. The van der Waals surface area contributed by atoms with Crippen LogP contribution < -0.4 is 10.5 Å². The van der Waals surface area contributed by atoms with Crippen molar-refractivity contribution in [1.29, 1.82) is 0 Å². The van der Waals surface area contributed by atoms with Crippen LogP contribution in [0, 0.1) is 0 Å². The fraction of sp³-hybridized carbons (Fsp3) is 0.333. The highest BCUT2D eigenvalue weighted by Gasteiger charge is 2.37. The molecule has 1 aliphatic rings. The average molecular weight is 350 g/mol. The number of nitrogens with zero attached hydrogens (tertiary/aromatic N) is 2. The molecule has 1 unspecified atom stereocenters. The number of methoxy groups -OCH3 is 1. The number of imidazole rings is 1. The lowest BCUT2D eigenvalue weighted by Crippen LogP contribution is -2.31. The van der Waals surface area contributed by atoms with Crippen LogP contribution in [-0.4, -0.2) is 42.3 Å². The SMILES string of the molecule is COc1ccc(S(=O)(=O)N2CCCC2c2ncc[nH]2)cc1C(N)=O. The van der Waals surface area contributed by atoms with E-state index in [4.69, 9.17) is 10.5 Å². The molecule has 1 aliphatic heterocycles. The van der Waals surface area contributed by atoms with Crippen molar-refractivity contribution in [3.05, 3.63) is 42.0 Å². The van der Waals surface area contributed by atoms with Crippen LogP contribution in [0.2, 0.25) is 0 Å². The van der Waals surface area contributed by atoms with E-state index >= 15 is 0 Å². The molecule has 8 nitrogen and oxygen atoms in total. The molecule has 1 saturated heterocycles. The molecular weight excluding hydrogens is 332 g/mol. The summed E-state index contributed by atoms with van der Waals surface area (Å²) in [5.74, 6) is 0.109. The smallest absolute Gasteiger partial charge is 0.252 e. The van der Waals surface area contributed by atoms with Crippen molar-refractivity contribution in [2.75, 3.05) is 13.7 Å². The number of aromatic amines is 1. The molecule has 1 atom stereocenters. The van der Waals surface area contributed by atoms with Crippen LogP contribution in [0.4, 0.5) is 0 Å². The summed E-state index contributed by atoms with van der Waals surface area (Å²) in [5.41, 5.74) is 5.35. The highest BCUT2D eigenvalue weighted by atomic mass is 32.2. The van der Waals surface area contributed by atoms with Gasteiger partial charge >= 0.3 is 0 Å². The summed E-state index contributed by atoms with van der Waals surface area (Å²) >= 11 is 0. The Morgan fingerprint density at radius 3 is 2.88 bits per heavy atom. The second-order valence-electron chi connectivity index (χ2n) is 5.47. The molecule has 0 radical (unpaired) electrons. The molecule has 1 aromatic heterocycles. The van der Waals surface area contributed by atoms with Gasteiger partial charge in [-0.3, -0.25) is 4.79 Å². The normalized spacial score (nSPS) is 18.6. The topological polar surface area (TPSA) is 118 Å². The van der Waals surface area contributed by atoms with E-state index in [-0.39, 0.29) is 22.3 Å². The number of H-pyrrole nitrogens is 1. The lowest BCUT2D eigenvalue weighted by atomic mass is 10.2. The number of sulfonamides is 1. The highest BCUT2D eigenvalue weighted by molar-refractivity contribution is 7.89. The summed E-state index contributed by atoms with van der Waals surface area (Å²) < 4.78 is 32.5. The Hall–Kier alpha value is -2.39. The molecule has 0 saturated carbocycles. The zero-order chi connectivity index (χ0) is 17.3. The number of primary amides is 1. The van der Waals surface area contributed by atoms with E-state index in [0.29, 0.717) is 18.8 Å². The van der Waals surface area contributed by atoms with E-state index in [2.05, 4.69) is 9.97 Å². The molecule has 3 N–H and O–H groups in total. The summed E-state index contributed by atoms with van der Waals surface area (Å²) in [6.07, 6.45) is 4.68. The number of hydrogen-bond donors (Lipinski definition) is 2. The predicted octanol–water partition coefficient (Wildman–Crippen LogP) is 1.04. The molecule has 128 valence electrons. The van der Waals surface area contributed by atoms with Gasteiger partial charge in [-0.25, -0.2) is 13.4 Å². The zero-order valence-electron chi connectivity index (χ0n) is 13.1. The van der Waals surface area contributed by atoms with Crippen molar-refractivity contribution in [2.24, 2.45) is 5.73 Å². The Morgan fingerprint density at radius 2 is 2.25 bits per heavy atom. The number of nitrogens with one attached hydrogen (secondary N) is 1. The van der Waals surface area contributed by atoms with E-state index < -0.39 is 15.9 Å². The van der Waals surface area contributed by atoms with Crippen LogP contribution in [0.15, 0.2) is 35.5 Å². The van der Waals surface area contributed by atoms with Crippen molar-refractivity contribution < 1.29 is 17.9 Å². The Balaban J connectivity index is 2.01. The van der Waals surface area contributed by atoms with Crippen molar-refractivity contribution in [2.45, 2.75) is 23.8 Å². The van der Waals surface area contributed by atoms with Gasteiger partial charge in [-0.15, -0.1) is 0 Å². The number of ether oxygens (including phenoxy) is 1. The van der Waals surface area contributed by atoms with Crippen molar-refractivity contribution in [3.8, 4) is 5.75 Å². The molecule has 1 amide bonds. The van der Waals surface area contributed by atoms with Gasteiger partial charge in [0, 0.05) is 18.9 Å². The van der Waals surface area contributed by atoms with Crippen molar-refractivity contribution >= 4 is 15.9 Å². The van der Waals surface area contributed by atoms with Crippen LogP contribution in [0.1, 0.15) is 35.1 Å². The Kier molecular flexibility index (Phi) is 4.29. The van der Waals surface area contributed by atoms with Crippen molar-refractivity contribution in [1.82, 2.24) is 14.3 Å². The van der Waals surface area contributed by atoms with Crippen LogP contribution in [0.3, 0.4) is 0 Å². The maximum atomic E-state index is 13.0. The molecule has 2 heterocycles. The average Bonchev–Trinajstić information content (AvgIpc) is 3.24. The number of carbonyl (C=O) groups is 1. The van der Waals surface area contributed by atoms with Gasteiger partial charge in [0.25, 0.3) is 5.91 Å². The van der Waals surface area contributed by atoms with E-state index in [1.54, 1.807) is 12.4 Å². The first-order valence-corrected chi connectivity index (χ1v) is 8.88. The lowest BCUT2D eigenvalue weighted by Gasteiger charge is -2.23. The third-order valence-electron chi connectivity index (χ3n) is 4.08. The Bertz CT molecular complexity index is 848. The van der Waals surface area contributed by atoms with Gasteiger partial charge < -0.3 is 15.5 Å². The van der Waals surface area contributed by atoms with Crippen LogP contribution in [0.5, 0.6) is 5.75 Å². The molecule has 9 heteroatoms. The van der Waals surface area contributed by atoms with E-state index in [0.717, 1.165) is 6.42 Å². The second kappa shape index (κ2) is 6.25. The number of aromatic nitrogens is 2. The van der Waals surface area contributed by atoms with Gasteiger partial charge in [0.1, 0.15) is 11.6 Å². The number of rotatable bonds is 5. The van der Waals surface area contributed by atoms with Crippen LogP contribution in [0.25, 0.3) is 0 Å². The lowest BCUT2D eigenvalue weighted by molar-refractivity contribution is 0.0997. The monoisotopic (exact) mass is 350 g/mol. The fourth-order valence-corrected chi connectivity index (χ4v) is 4.62. The minimum atomic E-state index is -3.78. The largest absolute Gasteiger partial charge is 0.496 e. The third kappa shape index (κ3) is 2.76. The first-order valence-electron chi connectivity index (χ1n) is 7.44. The molecule has 1 aromatic carbocycles. The maximum Gasteiger partial charge on any atom is 0.252 e. The number of amides is 1. The van der Waals surface area contributed by atoms with E-state index in [1.807, 2.05) is 0 Å². The molecule has 24 heavy (non-hydrogen) atoms. The minimum Gasteiger partial charge on any atom is -0.496 e. The summed E-state index contributed by atoms with van der Waals surface area (Å²) in [5, 5.41) is 0. The summed E-state index contributed by atoms with van der Waals surface area (Å²) in [7, 11) is -2.39. The summed E-state index contributed by atoms with van der Waals surface area (Å²) in [6, 6.07) is 3.76. The summed E-state index contributed by atoms with van der Waals surface area (Å²) in [6.45, 7) is 0.394. The van der Waals surface area contributed by atoms with Gasteiger partial charge in [0.15, 0.2) is 0 Å². The standard InChI is InChI=1S/C15H18N4O4S/c1-23-13-5-4-10(9-11(13)14(16)20)24(21,22)19-8-2-3-12(19)15-17-6-7-18-15/h4-7,9,12H,2-3,8H2,1H3,(H2,16,20)(H,17,18). The Labute approximate surface area is 139 Å². The molecular formula is C15H18N4O4S. The molecule has 2 aromatic rings. The first-order chi connectivity index (χ1) is 11.4. The van der Waals surface area contributed by atoms with Gasteiger partial charge in [-0.05, 0) is 31.0 Å². The molecule has 0 bridgehead atoms. The van der Waals surface area contributed by atoms with Crippen molar-refractivity contribution in [3.63, 3.8) is 0 Å². The molecule has 0 aliphatic carbocycles. The number of benzene rings is 1. The van der Waals surface area contributed by atoms with E-state index in [1.165, 1.54) is 29.6 Å². The number of carbonyl (C=O) groups excluding carboxylic acids is 1. The molecule has 0 spiro atoms. The third-order valence-corrected chi connectivity index (χ3v) is 5.99. The highest BCUT2D eigenvalue weighted by Crippen LogP contribution is 2.35. The summed E-state index contributed by atoms with van der Waals surface area (Å²) in [4.78, 5) is 18.7. The van der Waals surface area contributed by atoms with Gasteiger partial charge in [-0.1, -0.05) is 0 Å². The van der Waals surface area contributed by atoms with Gasteiger partial charge in [-0.2, -0.15) is 4.31 Å². The Morgan fingerprint density at radius 1 is 1.46 bits per heavy atom. The molecule has 3 rings (SSSR count). The van der Waals surface area contributed by atoms with Crippen LogP contribution in [-0.2, 0) is 10.0 Å². The van der Waals surface area contributed by atoms with Gasteiger partial charge in [0.2, 0.25) is 10.0 Å². The van der Waals surface area contributed by atoms with E-state index in [9.17, 15) is 13.2 Å². The number of hydrogen-bond acceptors (Lipinski definition) is 5. The first kappa shape index (κ1) is 16.5. The maximum absolute atomic E-state index is 13.0. The van der Waals surface area contributed by atoms with Gasteiger partial charge in [0.05, 0.1) is 23.6 Å². The predicted molar refractivity (Wildman–Crippen MR) is 86.0 cm³/mol. The quantitative estimate of drug-likeness (QED) is 0.835. The minimum absolute atomic E-state index is 0.00977. The van der Waals surface area contributed by atoms with Crippen LogP contribution >= 0.6 is 0 Å². The second-order valence-corrected chi connectivity index (χ2v) is 7.37. The fourth-order valence-electron chi connectivity index (χ4n) is 2.94.